The van der Waals surface area contributed by atoms with E-state index in [-0.39, 0.29) is 11.9 Å². The first-order chi connectivity index (χ1) is 8.13. The molecule has 0 aliphatic heterocycles. The summed E-state index contributed by atoms with van der Waals surface area (Å²) in [5, 5.41) is 3.04. The van der Waals surface area contributed by atoms with Crippen LogP contribution in [0.4, 0.5) is 0 Å². The number of hydrogen-bond acceptors (Lipinski definition) is 2. The predicted molar refractivity (Wildman–Crippen MR) is 76.9 cm³/mol. The Morgan fingerprint density at radius 3 is 2.88 bits per heavy atom. The number of nitrogens with two attached hydrogens (primary N) is 1. The molecule has 0 spiro atoms. The van der Waals surface area contributed by atoms with Crippen molar-refractivity contribution >= 4 is 28.5 Å². The van der Waals surface area contributed by atoms with E-state index in [1.807, 2.05) is 25.1 Å². The molecule has 1 aromatic rings. The van der Waals surface area contributed by atoms with E-state index in [9.17, 15) is 4.79 Å². The topological polar surface area (TPSA) is 55.1 Å². The number of halogens is 1. The van der Waals surface area contributed by atoms with Crippen molar-refractivity contribution in [3.63, 3.8) is 0 Å². The normalized spacial score (nSPS) is 16.6. The maximum absolute atomic E-state index is 12.1. The van der Waals surface area contributed by atoms with Crippen molar-refractivity contribution in [1.29, 1.82) is 0 Å². The van der Waals surface area contributed by atoms with Crippen LogP contribution in [0.25, 0.3) is 0 Å². The van der Waals surface area contributed by atoms with Crippen LogP contribution in [-0.4, -0.2) is 18.5 Å². The van der Waals surface area contributed by atoms with Gasteiger partial charge in [0, 0.05) is 16.2 Å². The molecule has 0 saturated heterocycles. The van der Waals surface area contributed by atoms with E-state index >= 15 is 0 Å². The first-order valence-electron chi connectivity index (χ1n) is 5.89. The van der Waals surface area contributed by atoms with Gasteiger partial charge < -0.3 is 11.1 Å². The van der Waals surface area contributed by atoms with Gasteiger partial charge in [-0.15, -0.1) is 0 Å². The van der Waals surface area contributed by atoms with Crippen LogP contribution < -0.4 is 11.1 Å². The predicted octanol–water partition coefficient (Wildman–Crippen LogP) is 2.07. The van der Waals surface area contributed by atoms with Gasteiger partial charge in [-0.1, -0.05) is 12.1 Å². The smallest absolute Gasteiger partial charge is 0.252 e. The Morgan fingerprint density at radius 1 is 1.59 bits per heavy atom. The van der Waals surface area contributed by atoms with Crippen molar-refractivity contribution in [3.8, 4) is 0 Å². The van der Waals surface area contributed by atoms with Gasteiger partial charge in [-0.25, -0.2) is 0 Å². The first kappa shape index (κ1) is 12.8. The Bertz CT molecular complexity index is 429. The minimum atomic E-state index is 0.000417. The molecule has 0 aromatic heterocycles. The van der Waals surface area contributed by atoms with Crippen molar-refractivity contribution < 1.29 is 4.79 Å². The molecule has 0 heterocycles. The third-order valence-electron chi connectivity index (χ3n) is 3.20. The van der Waals surface area contributed by atoms with Crippen LogP contribution in [0.15, 0.2) is 18.2 Å². The summed E-state index contributed by atoms with van der Waals surface area (Å²) in [5.41, 5.74) is 7.58. The van der Waals surface area contributed by atoms with E-state index in [0.29, 0.717) is 12.5 Å². The summed E-state index contributed by atoms with van der Waals surface area (Å²) in [5.74, 6) is 0.590. The van der Waals surface area contributed by atoms with Crippen LogP contribution in [0, 0.1) is 16.4 Å². The lowest BCUT2D eigenvalue weighted by atomic mass is 10.1. The second-order valence-corrected chi connectivity index (χ2v) is 5.67. The summed E-state index contributed by atoms with van der Waals surface area (Å²) in [6.45, 7) is 2.54. The summed E-state index contributed by atoms with van der Waals surface area (Å²) in [6, 6.07) is 5.93. The fourth-order valence-corrected chi connectivity index (χ4v) is 2.54. The van der Waals surface area contributed by atoms with Crippen LogP contribution >= 0.6 is 22.6 Å². The number of carbonyl (C=O) groups is 1. The molecule has 2 rings (SSSR count). The number of aryl methyl sites for hydroxylation is 1. The molecule has 1 aliphatic rings. The highest BCUT2D eigenvalue weighted by Crippen LogP contribution is 2.32. The second kappa shape index (κ2) is 5.35. The summed E-state index contributed by atoms with van der Waals surface area (Å²) < 4.78 is 1.02. The first-order valence-corrected chi connectivity index (χ1v) is 6.97. The lowest BCUT2D eigenvalue weighted by molar-refractivity contribution is 0.0932. The number of rotatable bonds is 4. The number of benzene rings is 1. The van der Waals surface area contributed by atoms with E-state index < -0.39 is 0 Å². The van der Waals surface area contributed by atoms with Crippen LogP contribution in [0.3, 0.4) is 0 Å². The molecule has 17 heavy (non-hydrogen) atoms. The van der Waals surface area contributed by atoms with Gasteiger partial charge >= 0.3 is 0 Å². The molecular weight excluding hydrogens is 327 g/mol. The molecule has 1 amide bonds. The van der Waals surface area contributed by atoms with Gasteiger partial charge in [-0.3, -0.25) is 4.79 Å². The molecular formula is C13H17IN2O. The third-order valence-corrected chi connectivity index (χ3v) is 4.63. The minimum Gasteiger partial charge on any atom is -0.348 e. The number of carbonyl (C=O) groups excluding carboxylic acids is 1. The van der Waals surface area contributed by atoms with E-state index in [1.165, 1.54) is 12.8 Å². The Hall–Kier alpha value is -0.620. The van der Waals surface area contributed by atoms with Crippen molar-refractivity contribution in [2.45, 2.75) is 25.8 Å². The molecule has 3 N–H and O–H groups in total. The monoisotopic (exact) mass is 344 g/mol. The molecule has 1 unspecified atom stereocenters. The maximum atomic E-state index is 12.1. The molecule has 0 bridgehead atoms. The minimum absolute atomic E-state index is 0.000417. The van der Waals surface area contributed by atoms with E-state index in [0.717, 1.165) is 14.7 Å². The van der Waals surface area contributed by atoms with Crippen molar-refractivity contribution in [2.24, 2.45) is 11.7 Å². The molecule has 1 atom stereocenters. The highest BCUT2D eigenvalue weighted by molar-refractivity contribution is 14.1. The number of amides is 1. The fourth-order valence-electron chi connectivity index (χ4n) is 1.94. The lowest BCUT2D eigenvalue weighted by Crippen LogP contribution is -2.42. The SMILES string of the molecule is Cc1cccc(C(=O)NC(CN)C2CC2)c1I. The quantitative estimate of drug-likeness (QED) is 0.822. The Balaban J connectivity index is 2.11. The summed E-state index contributed by atoms with van der Waals surface area (Å²) in [6.07, 6.45) is 2.38. The molecule has 1 fully saturated rings. The molecule has 1 aliphatic carbocycles. The number of hydrogen-bond donors (Lipinski definition) is 2. The van der Waals surface area contributed by atoms with Gasteiger partial charge in [0.2, 0.25) is 0 Å². The average molecular weight is 344 g/mol. The lowest BCUT2D eigenvalue weighted by Gasteiger charge is -2.17. The average Bonchev–Trinajstić information content (AvgIpc) is 3.13. The zero-order valence-electron chi connectivity index (χ0n) is 9.87. The molecule has 92 valence electrons. The Morgan fingerprint density at radius 2 is 2.29 bits per heavy atom. The van der Waals surface area contributed by atoms with Crippen LogP contribution in [-0.2, 0) is 0 Å². The fraction of sp³-hybridized carbons (Fsp3) is 0.462. The van der Waals surface area contributed by atoms with Gasteiger partial charge in [0.1, 0.15) is 0 Å². The summed E-state index contributed by atoms with van der Waals surface area (Å²) in [7, 11) is 0. The van der Waals surface area contributed by atoms with Gasteiger partial charge in [0.15, 0.2) is 0 Å². The third kappa shape index (κ3) is 2.98. The molecule has 1 saturated carbocycles. The van der Waals surface area contributed by atoms with Crippen LogP contribution in [0.1, 0.15) is 28.8 Å². The largest absolute Gasteiger partial charge is 0.348 e. The highest BCUT2D eigenvalue weighted by Gasteiger charge is 2.31. The van der Waals surface area contributed by atoms with Gasteiger partial charge in [0.05, 0.1) is 5.56 Å². The number of nitrogens with one attached hydrogen (secondary N) is 1. The van der Waals surface area contributed by atoms with Gasteiger partial charge in [0.25, 0.3) is 5.91 Å². The van der Waals surface area contributed by atoms with Crippen molar-refractivity contribution in [1.82, 2.24) is 5.32 Å². The van der Waals surface area contributed by atoms with Gasteiger partial charge in [-0.05, 0) is 59.9 Å². The van der Waals surface area contributed by atoms with E-state index in [1.54, 1.807) is 0 Å². The molecule has 3 nitrogen and oxygen atoms in total. The molecule has 1 aromatic carbocycles. The van der Waals surface area contributed by atoms with Crippen molar-refractivity contribution in [2.75, 3.05) is 6.54 Å². The van der Waals surface area contributed by atoms with Crippen molar-refractivity contribution in [3.05, 3.63) is 32.9 Å². The van der Waals surface area contributed by atoms with Crippen LogP contribution in [0.2, 0.25) is 0 Å². The maximum Gasteiger partial charge on any atom is 0.252 e. The molecule has 4 heteroatoms. The standard InChI is InChI=1S/C13H17IN2O/c1-8-3-2-4-10(12(8)14)13(17)16-11(7-15)9-5-6-9/h2-4,9,11H,5-7,15H2,1H3,(H,16,17). The second-order valence-electron chi connectivity index (χ2n) is 4.59. The van der Waals surface area contributed by atoms with Gasteiger partial charge in [-0.2, -0.15) is 0 Å². The molecule has 0 radical (unpaired) electrons. The highest BCUT2D eigenvalue weighted by atomic mass is 127. The summed E-state index contributed by atoms with van der Waals surface area (Å²) >= 11 is 2.22. The van der Waals surface area contributed by atoms with E-state index in [4.69, 9.17) is 5.73 Å². The summed E-state index contributed by atoms with van der Waals surface area (Å²) in [4.78, 5) is 12.1. The zero-order chi connectivity index (χ0) is 12.4. The zero-order valence-corrected chi connectivity index (χ0v) is 12.0. The Kier molecular flexibility index (Phi) is 4.04. The Labute approximate surface area is 115 Å². The van der Waals surface area contributed by atoms with E-state index in [2.05, 4.69) is 27.9 Å². The van der Waals surface area contributed by atoms with Crippen LogP contribution in [0.5, 0.6) is 0 Å².